The molecule has 152 valence electrons. The second-order valence-corrected chi connectivity index (χ2v) is 6.83. The Morgan fingerprint density at radius 1 is 1.14 bits per heavy atom. The lowest BCUT2D eigenvalue weighted by molar-refractivity contribution is -0.124. The molecule has 0 aliphatic carbocycles. The van der Waals surface area contributed by atoms with Crippen LogP contribution in [0.3, 0.4) is 0 Å². The number of carbonyl (C=O) groups is 2. The Morgan fingerprint density at radius 2 is 1.90 bits per heavy atom. The van der Waals surface area contributed by atoms with Crippen molar-refractivity contribution in [1.82, 2.24) is 10.8 Å². The Kier molecular flexibility index (Phi) is 6.86. The smallest absolute Gasteiger partial charge is 0.267 e. The molecule has 1 fully saturated rings. The molecule has 1 aliphatic heterocycles. The Hall–Kier alpha value is -3.32. The number of rotatable bonds is 6. The Morgan fingerprint density at radius 3 is 2.62 bits per heavy atom. The standard InChI is InChI=1S/C22H25N3O4/c1-29-19-7-4-6-17(15-19)22(27)23-18-11-13-25(14-12-18)20-8-3-2-5-16(20)9-10-21(26)24-28/h2-10,15,18,28H,11-14H2,1H3,(H,23,27)(H,24,26)/b10-9+. The van der Waals surface area contributed by atoms with E-state index in [0.717, 1.165) is 37.2 Å². The van der Waals surface area contributed by atoms with Crippen LogP contribution in [-0.2, 0) is 4.79 Å². The predicted molar refractivity (Wildman–Crippen MR) is 111 cm³/mol. The van der Waals surface area contributed by atoms with Gasteiger partial charge < -0.3 is 15.0 Å². The SMILES string of the molecule is COc1cccc(C(=O)NC2CCN(c3ccccc3/C=C/C(=O)NO)CC2)c1. The summed E-state index contributed by atoms with van der Waals surface area (Å²) in [6, 6.07) is 15.0. The van der Waals surface area contributed by atoms with Gasteiger partial charge in [-0.2, -0.15) is 0 Å². The van der Waals surface area contributed by atoms with Crippen LogP contribution in [0.4, 0.5) is 5.69 Å². The minimum Gasteiger partial charge on any atom is -0.497 e. The molecule has 0 unspecified atom stereocenters. The fourth-order valence-electron chi connectivity index (χ4n) is 3.42. The van der Waals surface area contributed by atoms with E-state index in [2.05, 4.69) is 10.2 Å². The lowest BCUT2D eigenvalue weighted by atomic mass is 10.0. The fraction of sp³-hybridized carbons (Fsp3) is 0.273. The van der Waals surface area contributed by atoms with Crippen molar-refractivity contribution in [2.24, 2.45) is 0 Å². The van der Waals surface area contributed by atoms with Crippen LogP contribution < -0.4 is 20.4 Å². The molecule has 2 aromatic rings. The summed E-state index contributed by atoms with van der Waals surface area (Å²) in [6.07, 6.45) is 4.62. The second-order valence-electron chi connectivity index (χ2n) is 6.83. The van der Waals surface area contributed by atoms with E-state index >= 15 is 0 Å². The summed E-state index contributed by atoms with van der Waals surface area (Å²) in [7, 11) is 1.58. The minimum atomic E-state index is -0.571. The van der Waals surface area contributed by atoms with Gasteiger partial charge in [-0.05, 0) is 48.7 Å². The van der Waals surface area contributed by atoms with Crippen molar-refractivity contribution >= 4 is 23.6 Å². The summed E-state index contributed by atoms with van der Waals surface area (Å²) < 4.78 is 5.18. The highest BCUT2D eigenvalue weighted by Gasteiger charge is 2.22. The Labute approximate surface area is 169 Å². The van der Waals surface area contributed by atoms with Crippen LogP contribution >= 0.6 is 0 Å². The molecule has 3 N–H and O–H groups in total. The lowest BCUT2D eigenvalue weighted by Crippen LogP contribution is -2.44. The Balaban J connectivity index is 1.60. The molecular formula is C22H25N3O4. The van der Waals surface area contributed by atoms with E-state index in [4.69, 9.17) is 9.94 Å². The molecule has 1 aliphatic rings. The molecule has 7 heteroatoms. The molecule has 1 heterocycles. The van der Waals surface area contributed by atoms with Crippen molar-refractivity contribution < 1.29 is 19.5 Å². The molecule has 0 radical (unpaired) electrons. The summed E-state index contributed by atoms with van der Waals surface area (Å²) >= 11 is 0. The highest BCUT2D eigenvalue weighted by Crippen LogP contribution is 2.25. The third-order valence-electron chi connectivity index (χ3n) is 4.96. The third-order valence-corrected chi connectivity index (χ3v) is 4.96. The summed E-state index contributed by atoms with van der Waals surface area (Å²) in [4.78, 5) is 26.0. The third kappa shape index (κ3) is 5.36. The number of para-hydroxylation sites is 1. The molecule has 0 atom stereocenters. The van der Waals surface area contributed by atoms with Crippen LogP contribution in [0.15, 0.2) is 54.6 Å². The maximum Gasteiger partial charge on any atom is 0.267 e. The van der Waals surface area contributed by atoms with E-state index in [1.54, 1.807) is 36.9 Å². The first-order valence-electron chi connectivity index (χ1n) is 9.51. The zero-order chi connectivity index (χ0) is 20.6. The van der Waals surface area contributed by atoms with E-state index in [0.29, 0.717) is 11.3 Å². The van der Waals surface area contributed by atoms with Crippen LogP contribution in [0.5, 0.6) is 5.75 Å². The van der Waals surface area contributed by atoms with E-state index < -0.39 is 5.91 Å². The molecule has 0 bridgehead atoms. The number of amides is 2. The topological polar surface area (TPSA) is 90.9 Å². The normalized spacial score (nSPS) is 14.6. The molecule has 7 nitrogen and oxygen atoms in total. The Bertz CT molecular complexity index is 889. The summed E-state index contributed by atoms with van der Waals surface area (Å²) in [6.45, 7) is 1.58. The summed E-state index contributed by atoms with van der Waals surface area (Å²) in [5, 5.41) is 11.7. The largest absolute Gasteiger partial charge is 0.497 e. The van der Waals surface area contributed by atoms with Gasteiger partial charge in [-0.25, -0.2) is 5.48 Å². The maximum absolute atomic E-state index is 12.5. The number of nitrogens with zero attached hydrogens (tertiary/aromatic N) is 1. The number of carbonyl (C=O) groups excluding carboxylic acids is 2. The zero-order valence-electron chi connectivity index (χ0n) is 16.3. The van der Waals surface area contributed by atoms with E-state index in [1.807, 2.05) is 30.3 Å². The molecule has 0 saturated carbocycles. The summed E-state index contributed by atoms with van der Waals surface area (Å²) in [5.74, 6) is -0.00789. The van der Waals surface area contributed by atoms with Crippen molar-refractivity contribution in [1.29, 1.82) is 0 Å². The first-order valence-corrected chi connectivity index (χ1v) is 9.51. The zero-order valence-corrected chi connectivity index (χ0v) is 16.3. The molecule has 0 spiro atoms. The first-order chi connectivity index (χ1) is 14.1. The summed E-state index contributed by atoms with van der Waals surface area (Å²) in [5.41, 5.74) is 4.10. The van der Waals surface area contributed by atoms with Gasteiger partial charge in [0.15, 0.2) is 0 Å². The fourth-order valence-corrected chi connectivity index (χ4v) is 3.42. The van der Waals surface area contributed by atoms with Crippen LogP contribution in [-0.4, -0.2) is 43.3 Å². The lowest BCUT2D eigenvalue weighted by Gasteiger charge is -2.34. The van der Waals surface area contributed by atoms with Crippen LogP contribution in [0.1, 0.15) is 28.8 Å². The highest BCUT2D eigenvalue weighted by atomic mass is 16.5. The second kappa shape index (κ2) is 9.75. The van der Waals surface area contributed by atoms with Gasteiger partial charge in [0.1, 0.15) is 5.75 Å². The van der Waals surface area contributed by atoms with Crippen LogP contribution in [0, 0.1) is 0 Å². The number of hydrogen-bond donors (Lipinski definition) is 3. The van der Waals surface area contributed by atoms with Gasteiger partial charge in [-0.1, -0.05) is 24.3 Å². The molecular weight excluding hydrogens is 370 g/mol. The quantitative estimate of drug-likeness (QED) is 0.397. The van der Waals surface area contributed by atoms with Crippen LogP contribution in [0.2, 0.25) is 0 Å². The average molecular weight is 395 g/mol. The van der Waals surface area contributed by atoms with E-state index in [9.17, 15) is 9.59 Å². The number of nitrogens with one attached hydrogen (secondary N) is 2. The van der Waals surface area contributed by atoms with Gasteiger partial charge in [-0.3, -0.25) is 14.8 Å². The average Bonchev–Trinajstić information content (AvgIpc) is 2.78. The molecule has 0 aromatic heterocycles. The number of hydroxylamine groups is 1. The van der Waals surface area contributed by atoms with Crippen molar-refractivity contribution in [3.8, 4) is 5.75 Å². The first kappa shape index (κ1) is 20.4. The number of anilines is 1. The van der Waals surface area contributed by atoms with Gasteiger partial charge >= 0.3 is 0 Å². The highest BCUT2D eigenvalue weighted by molar-refractivity contribution is 5.94. The molecule has 2 aromatic carbocycles. The van der Waals surface area contributed by atoms with E-state index in [-0.39, 0.29) is 11.9 Å². The van der Waals surface area contributed by atoms with Gasteiger partial charge in [0, 0.05) is 36.5 Å². The van der Waals surface area contributed by atoms with E-state index in [1.165, 1.54) is 6.08 Å². The number of piperidine rings is 1. The molecule has 2 amide bonds. The van der Waals surface area contributed by atoms with Crippen molar-refractivity contribution in [3.63, 3.8) is 0 Å². The number of hydrogen-bond acceptors (Lipinski definition) is 5. The number of ether oxygens (including phenoxy) is 1. The predicted octanol–water partition coefficient (Wildman–Crippen LogP) is 2.61. The molecule has 1 saturated heterocycles. The monoisotopic (exact) mass is 395 g/mol. The van der Waals surface area contributed by atoms with Crippen molar-refractivity contribution in [2.45, 2.75) is 18.9 Å². The van der Waals surface area contributed by atoms with Gasteiger partial charge in [0.2, 0.25) is 0 Å². The maximum atomic E-state index is 12.5. The van der Waals surface area contributed by atoms with Gasteiger partial charge in [-0.15, -0.1) is 0 Å². The minimum absolute atomic E-state index is 0.0966. The van der Waals surface area contributed by atoms with Gasteiger partial charge in [0.05, 0.1) is 7.11 Å². The van der Waals surface area contributed by atoms with Crippen molar-refractivity contribution in [2.75, 3.05) is 25.1 Å². The molecule has 29 heavy (non-hydrogen) atoms. The molecule has 3 rings (SSSR count). The number of methoxy groups -OCH3 is 1. The van der Waals surface area contributed by atoms with Crippen molar-refractivity contribution in [3.05, 3.63) is 65.7 Å². The number of benzene rings is 2. The van der Waals surface area contributed by atoms with Gasteiger partial charge in [0.25, 0.3) is 11.8 Å². The van der Waals surface area contributed by atoms with Crippen LogP contribution in [0.25, 0.3) is 6.08 Å².